The number of ether oxygens (including phenoxy) is 1. The highest BCUT2D eigenvalue weighted by atomic mass is 32.2. The zero-order valence-electron chi connectivity index (χ0n) is 23.6. The number of nitrogens with one attached hydrogen (secondary N) is 1. The number of rotatable bonds is 10. The molecule has 3 rings (SSSR count). The third-order valence-corrected chi connectivity index (χ3v) is 13.3. The maximum atomic E-state index is 12.7. The van der Waals surface area contributed by atoms with Gasteiger partial charge in [-0.15, -0.1) is 4.72 Å². The van der Waals surface area contributed by atoms with Gasteiger partial charge in [0.2, 0.25) is 0 Å². The lowest BCUT2D eigenvalue weighted by Gasteiger charge is -2.43. The van der Waals surface area contributed by atoms with Crippen LogP contribution in [0.15, 0.2) is 78.9 Å². The summed E-state index contributed by atoms with van der Waals surface area (Å²) in [6, 6.07) is 28.4. The molecule has 2 atom stereocenters. The van der Waals surface area contributed by atoms with Gasteiger partial charge in [0.1, 0.15) is 23.2 Å². The van der Waals surface area contributed by atoms with Gasteiger partial charge in [0.15, 0.2) is 0 Å². The van der Waals surface area contributed by atoms with Crippen LogP contribution >= 0.6 is 0 Å². The summed E-state index contributed by atoms with van der Waals surface area (Å²) in [4.78, 5) is 0. The first-order valence-corrected chi connectivity index (χ1v) is 16.1. The van der Waals surface area contributed by atoms with Crippen molar-refractivity contribution in [3.05, 3.63) is 90.0 Å². The Morgan fingerprint density at radius 1 is 0.868 bits per heavy atom. The molecule has 38 heavy (non-hydrogen) atoms. The molecule has 0 saturated heterocycles. The largest absolute Gasteiger partial charge is 0.598 e. The minimum Gasteiger partial charge on any atom is -0.598 e. The van der Waals surface area contributed by atoms with Crippen LogP contribution < -0.4 is 19.8 Å². The molecule has 0 fully saturated rings. The summed E-state index contributed by atoms with van der Waals surface area (Å²) < 4.78 is 28.7. The normalized spacial score (nSPS) is 14.0. The van der Waals surface area contributed by atoms with E-state index in [0.29, 0.717) is 17.9 Å². The Hall–Kier alpha value is -2.60. The second kappa shape index (κ2) is 12.5. The second-order valence-corrected chi connectivity index (χ2v) is 17.7. The third kappa shape index (κ3) is 6.69. The molecular weight excluding hydrogens is 509 g/mol. The summed E-state index contributed by atoms with van der Waals surface area (Å²) in [5.74, 6) is 0.506. The summed E-state index contributed by atoms with van der Waals surface area (Å²) in [5.41, 5.74) is 1.25. The molecule has 0 aliphatic heterocycles. The molecule has 0 bridgehead atoms. The van der Waals surface area contributed by atoms with Crippen molar-refractivity contribution in [2.45, 2.75) is 64.3 Å². The van der Waals surface area contributed by atoms with Gasteiger partial charge in [-0.25, -0.2) is 0 Å². The molecule has 202 valence electrons. The predicted molar refractivity (Wildman–Crippen MR) is 160 cm³/mol. The molecule has 0 aromatic heterocycles. The maximum Gasteiger partial charge on any atom is 0.261 e. The van der Waals surface area contributed by atoms with Crippen LogP contribution in [0.25, 0.3) is 0 Å². The SMILES string of the molecule is C[C@@H](N[S+]([O-])C(C)(C)C)c1cccc(C#N)c1OCCO[Si](c1ccccc1)(c1ccccc1)C(C)(C)C. The van der Waals surface area contributed by atoms with Gasteiger partial charge in [-0.3, -0.25) is 0 Å². The molecule has 1 N–H and O–H groups in total. The molecule has 0 saturated carbocycles. The average molecular weight is 549 g/mol. The second-order valence-electron chi connectivity index (χ2n) is 11.4. The smallest absolute Gasteiger partial charge is 0.261 e. The molecule has 1 unspecified atom stereocenters. The van der Waals surface area contributed by atoms with Crippen molar-refractivity contribution in [1.82, 2.24) is 4.72 Å². The van der Waals surface area contributed by atoms with Crippen LogP contribution in [-0.4, -0.2) is 30.8 Å². The zero-order valence-corrected chi connectivity index (χ0v) is 25.4. The Morgan fingerprint density at radius 2 is 1.42 bits per heavy atom. The van der Waals surface area contributed by atoms with Gasteiger partial charge in [-0.1, -0.05) is 93.6 Å². The van der Waals surface area contributed by atoms with Gasteiger partial charge < -0.3 is 13.7 Å². The van der Waals surface area contributed by atoms with Gasteiger partial charge in [-0.05, 0) is 49.2 Å². The highest BCUT2D eigenvalue weighted by Crippen LogP contribution is 2.37. The first kappa shape index (κ1) is 29.9. The molecule has 0 amide bonds. The van der Waals surface area contributed by atoms with Crippen LogP contribution in [0.2, 0.25) is 5.04 Å². The summed E-state index contributed by atoms with van der Waals surface area (Å²) in [6.07, 6.45) is 0. The van der Waals surface area contributed by atoms with Gasteiger partial charge in [0.25, 0.3) is 8.32 Å². The van der Waals surface area contributed by atoms with Crippen molar-refractivity contribution < 1.29 is 13.7 Å². The number of benzene rings is 3. The number of nitriles is 1. The Morgan fingerprint density at radius 3 is 1.89 bits per heavy atom. The summed E-state index contributed by atoms with van der Waals surface area (Å²) in [5, 5.41) is 12.1. The Bertz CT molecular complexity index is 1180. The van der Waals surface area contributed by atoms with E-state index in [0.717, 1.165) is 5.56 Å². The minimum absolute atomic E-state index is 0.138. The van der Waals surface area contributed by atoms with E-state index in [9.17, 15) is 9.81 Å². The van der Waals surface area contributed by atoms with E-state index in [1.807, 2.05) is 52.0 Å². The fourth-order valence-electron chi connectivity index (χ4n) is 4.65. The number of hydrogen-bond donors (Lipinski definition) is 1. The van der Waals surface area contributed by atoms with E-state index in [1.165, 1.54) is 10.4 Å². The molecular formula is C31H40N2O3SSi. The molecule has 3 aromatic rings. The van der Waals surface area contributed by atoms with E-state index in [-0.39, 0.29) is 17.7 Å². The van der Waals surface area contributed by atoms with Gasteiger partial charge in [-0.2, -0.15) is 5.26 Å². The molecule has 0 aliphatic carbocycles. The van der Waals surface area contributed by atoms with E-state index in [2.05, 4.69) is 80.1 Å². The summed E-state index contributed by atoms with van der Waals surface area (Å²) in [7, 11) is -2.69. The lowest BCUT2D eigenvalue weighted by molar-refractivity contribution is 0.206. The minimum atomic E-state index is -2.69. The molecule has 0 spiro atoms. The van der Waals surface area contributed by atoms with Crippen molar-refractivity contribution >= 4 is 30.1 Å². The molecule has 0 aliphatic rings. The molecule has 0 heterocycles. The average Bonchev–Trinajstić information content (AvgIpc) is 2.88. The van der Waals surface area contributed by atoms with Crippen molar-refractivity contribution in [2.75, 3.05) is 13.2 Å². The monoisotopic (exact) mass is 548 g/mol. The van der Waals surface area contributed by atoms with Crippen molar-refractivity contribution in [1.29, 1.82) is 5.26 Å². The van der Waals surface area contributed by atoms with E-state index < -0.39 is 24.4 Å². The number of hydrogen-bond acceptors (Lipinski definition) is 5. The molecule has 5 nitrogen and oxygen atoms in total. The molecule has 7 heteroatoms. The van der Waals surface area contributed by atoms with Crippen LogP contribution in [0.4, 0.5) is 0 Å². The van der Waals surface area contributed by atoms with Crippen LogP contribution in [0.5, 0.6) is 5.75 Å². The summed E-state index contributed by atoms with van der Waals surface area (Å²) in [6.45, 7) is 15.1. The van der Waals surface area contributed by atoms with E-state index in [4.69, 9.17) is 9.16 Å². The van der Waals surface area contributed by atoms with Gasteiger partial charge in [0, 0.05) is 16.9 Å². The van der Waals surface area contributed by atoms with Crippen LogP contribution in [0, 0.1) is 11.3 Å². The van der Waals surface area contributed by atoms with Crippen molar-refractivity contribution in [2.24, 2.45) is 0 Å². The highest BCUT2D eigenvalue weighted by Gasteiger charge is 2.50. The first-order chi connectivity index (χ1) is 17.9. The Kier molecular flexibility index (Phi) is 9.85. The molecule has 0 radical (unpaired) electrons. The first-order valence-electron chi connectivity index (χ1n) is 13.0. The Labute approximate surface area is 232 Å². The quantitative estimate of drug-likeness (QED) is 0.202. The fourth-order valence-corrected chi connectivity index (χ4v) is 9.99. The molecule has 3 aromatic carbocycles. The van der Waals surface area contributed by atoms with E-state index >= 15 is 0 Å². The number of para-hydroxylation sites is 1. The lowest BCUT2D eigenvalue weighted by atomic mass is 10.0. The van der Waals surface area contributed by atoms with Crippen molar-refractivity contribution in [3.8, 4) is 11.8 Å². The Balaban J connectivity index is 1.88. The van der Waals surface area contributed by atoms with Crippen molar-refractivity contribution in [3.63, 3.8) is 0 Å². The van der Waals surface area contributed by atoms with Gasteiger partial charge in [0.05, 0.1) is 18.2 Å². The zero-order chi connectivity index (χ0) is 28.0. The van der Waals surface area contributed by atoms with Gasteiger partial charge >= 0.3 is 0 Å². The van der Waals surface area contributed by atoms with E-state index in [1.54, 1.807) is 6.07 Å². The predicted octanol–water partition coefficient (Wildman–Crippen LogP) is 5.63. The van der Waals surface area contributed by atoms with Crippen LogP contribution in [0.3, 0.4) is 0 Å². The highest BCUT2D eigenvalue weighted by molar-refractivity contribution is 7.90. The lowest BCUT2D eigenvalue weighted by Crippen LogP contribution is -2.66. The maximum absolute atomic E-state index is 12.7. The third-order valence-electron chi connectivity index (χ3n) is 6.54. The fraction of sp³-hybridized carbons (Fsp3) is 0.387. The topological polar surface area (TPSA) is 77.3 Å². The van der Waals surface area contributed by atoms with Crippen LogP contribution in [0.1, 0.15) is 65.6 Å². The van der Waals surface area contributed by atoms with Crippen LogP contribution in [-0.2, 0) is 15.8 Å². The summed E-state index contributed by atoms with van der Waals surface area (Å²) >= 11 is -1.26. The standard InChI is InChI=1S/C31H40N2O3SSi/c1-24(33-37(34)30(2,3)4)28-20-14-15-25(23-32)29(28)35-21-22-36-38(31(5,6)7,26-16-10-8-11-17-26)27-18-12-9-13-19-27/h8-20,24,33H,21-22H2,1-7H3/t24-,37?/m1/s1. The number of nitrogens with zero attached hydrogens (tertiary/aromatic N) is 1.